The molecular formula is C17H25N3O4. The minimum atomic E-state index is -0.433. The lowest BCUT2D eigenvalue weighted by molar-refractivity contribution is -0.124. The van der Waals surface area contributed by atoms with E-state index in [9.17, 15) is 14.4 Å². The number of likely N-dealkylation sites (N-methyl/N-ethyl adjacent to an activating group) is 1. The van der Waals surface area contributed by atoms with Gasteiger partial charge < -0.3 is 15.4 Å². The van der Waals surface area contributed by atoms with Crippen LogP contribution in [-0.2, 0) is 14.3 Å². The van der Waals surface area contributed by atoms with Crippen LogP contribution in [0.3, 0.4) is 0 Å². The van der Waals surface area contributed by atoms with Gasteiger partial charge in [-0.1, -0.05) is 0 Å². The number of carbonyl (C=O) groups excluding carboxylic acids is 3. The van der Waals surface area contributed by atoms with E-state index in [-0.39, 0.29) is 30.4 Å². The van der Waals surface area contributed by atoms with E-state index in [1.54, 1.807) is 36.2 Å². The molecule has 0 aliphatic carbocycles. The molecule has 0 bridgehead atoms. The number of methoxy groups -OCH3 is 1. The summed E-state index contributed by atoms with van der Waals surface area (Å²) in [6, 6.07) is 6.39. The summed E-state index contributed by atoms with van der Waals surface area (Å²) >= 11 is 0. The van der Waals surface area contributed by atoms with Crippen molar-refractivity contribution in [3.63, 3.8) is 0 Å². The lowest BCUT2D eigenvalue weighted by Crippen LogP contribution is -2.46. The van der Waals surface area contributed by atoms with Crippen LogP contribution in [0.4, 0.5) is 5.69 Å². The van der Waals surface area contributed by atoms with Crippen molar-refractivity contribution in [2.24, 2.45) is 0 Å². The Morgan fingerprint density at radius 1 is 1.04 bits per heavy atom. The Balaban J connectivity index is 2.48. The molecule has 0 unspecified atom stereocenters. The van der Waals surface area contributed by atoms with E-state index in [4.69, 9.17) is 0 Å². The maximum atomic E-state index is 12.0. The first-order chi connectivity index (χ1) is 11.1. The topological polar surface area (TPSA) is 87.7 Å². The Morgan fingerprint density at radius 3 is 2.08 bits per heavy atom. The third-order valence-electron chi connectivity index (χ3n) is 2.93. The largest absolute Gasteiger partial charge is 0.465 e. The molecule has 0 fully saturated rings. The maximum Gasteiger partial charge on any atom is 0.337 e. The second kappa shape index (κ2) is 8.44. The quantitative estimate of drug-likeness (QED) is 0.764. The fourth-order valence-electron chi connectivity index (χ4n) is 2.01. The lowest BCUT2D eigenvalue weighted by Gasteiger charge is -2.23. The summed E-state index contributed by atoms with van der Waals surface area (Å²) in [7, 11) is 3.01. The Hall–Kier alpha value is -2.41. The molecule has 2 amide bonds. The van der Waals surface area contributed by atoms with Crippen LogP contribution in [0.1, 0.15) is 31.1 Å². The zero-order chi connectivity index (χ0) is 18.3. The van der Waals surface area contributed by atoms with E-state index in [2.05, 4.69) is 15.4 Å². The summed E-state index contributed by atoms with van der Waals surface area (Å²) in [5.74, 6) is -0.815. The van der Waals surface area contributed by atoms with E-state index in [1.165, 1.54) is 7.11 Å². The fraction of sp³-hybridized carbons (Fsp3) is 0.471. The van der Waals surface area contributed by atoms with Crippen molar-refractivity contribution >= 4 is 23.5 Å². The molecule has 0 atom stereocenters. The zero-order valence-corrected chi connectivity index (χ0v) is 14.8. The fourth-order valence-corrected chi connectivity index (χ4v) is 2.01. The van der Waals surface area contributed by atoms with E-state index in [1.807, 2.05) is 20.8 Å². The summed E-state index contributed by atoms with van der Waals surface area (Å²) in [6.45, 7) is 5.91. The molecule has 7 heteroatoms. The molecule has 132 valence electrons. The van der Waals surface area contributed by atoms with Gasteiger partial charge in [0, 0.05) is 11.2 Å². The molecule has 0 saturated heterocycles. The SMILES string of the molecule is COC(=O)c1ccc(NC(=O)CN(C)CC(=O)NC(C)(C)C)cc1. The van der Waals surface area contributed by atoms with E-state index in [0.717, 1.165) is 0 Å². The van der Waals surface area contributed by atoms with Crippen LogP contribution in [0.25, 0.3) is 0 Å². The van der Waals surface area contributed by atoms with Gasteiger partial charge in [0.05, 0.1) is 25.8 Å². The molecule has 2 N–H and O–H groups in total. The molecule has 0 heterocycles. The number of hydrogen-bond donors (Lipinski definition) is 2. The first-order valence-corrected chi connectivity index (χ1v) is 7.58. The van der Waals surface area contributed by atoms with Gasteiger partial charge in [-0.25, -0.2) is 4.79 Å². The van der Waals surface area contributed by atoms with Crippen LogP contribution in [-0.4, -0.2) is 55.5 Å². The number of ether oxygens (including phenoxy) is 1. The Bertz CT molecular complexity index is 591. The molecule has 1 aromatic rings. The molecule has 0 aliphatic rings. The number of nitrogens with zero attached hydrogens (tertiary/aromatic N) is 1. The number of anilines is 1. The number of rotatable bonds is 6. The summed E-state index contributed by atoms with van der Waals surface area (Å²) in [5, 5.41) is 5.55. The average molecular weight is 335 g/mol. The van der Waals surface area contributed by atoms with Gasteiger partial charge in [0.1, 0.15) is 0 Å². The average Bonchev–Trinajstić information content (AvgIpc) is 2.44. The minimum absolute atomic E-state index is 0.0797. The van der Waals surface area contributed by atoms with Crippen molar-refractivity contribution in [3.05, 3.63) is 29.8 Å². The first-order valence-electron chi connectivity index (χ1n) is 7.58. The summed E-state index contributed by atoms with van der Waals surface area (Å²) in [6.07, 6.45) is 0. The van der Waals surface area contributed by atoms with Gasteiger partial charge in [0.2, 0.25) is 11.8 Å². The van der Waals surface area contributed by atoms with E-state index < -0.39 is 5.97 Å². The Kier molecular flexibility index (Phi) is 6.91. The highest BCUT2D eigenvalue weighted by Crippen LogP contribution is 2.10. The van der Waals surface area contributed by atoms with Crippen molar-refractivity contribution < 1.29 is 19.1 Å². The highest BCUT2D eigenvalue weighted by atomic mass is 16.5. The van der Waals surface area contributed by atoms with Crippen molar-refractivity contribution in [3.8, 4) is 0 Å². The normalized spacial score (nSPS) is 11.1. The predicted octanol–water partition coefficient (Wildman–Crippen LogP) is 1.26. The van der Waals surface area contributed by atoms with Gasteiger partial charge in [-0.15, -0.1) is 0 Å². The van der Waals surface area contributed by atoms with Crippen LogP contribution < -0.4 is 10.6 Å². The predicted molar refractivity (Wildman–Crippen MR) is 91.8 cm³/mol. The third-order valence-corrected chi connectivity index (χ3v) is 2.93. The number of benzene rings is 1. The monoisotopic (exact) mass is 335 g/mol. The molecule has 0 aliphatic heterocycles. The minimum Gasteiger partial charge on any atom is -0.465 e. The second-order valence-corrected chi connectivity index (χ2v) is 6.59. The molecule has 0 aromatic heterocycles. The van der Waals surface area contributed by atoms with E-state index >= 15 is 0 Å². The Morgan fingerprint density at radius 2 is 1.58 bits per heavy atom. The third kappa shape index (κ3) is 7.23. The number of hydrogen-bond acceptors (Lipinski definition) is 5. The zero-order valence-electron chi connectivity index (χ0n) is 14.8. The standard InChI is InChI=1S/C17H25N3O4/c1-17(2,3)19-15(22)11-20(4)10-14(21)18-13-8-6-12(7-9-13)16(23)24-5/h6-9H,10-11H2,1-5H3,(H,18,21)(H,19,22). The number of amides is 2. The summed E-state index contributed by atoms with van der Waals surface area (Å²) in [4.78, 5) is 36.8. The van der Waals surface area contributed by atoms with Crippen molar-refractivity contribution in [1.29, 1.82) is 0 Å². The lowest BCUT2D eigenvalue weighted by atomic mass is 10.1. The molecule has 7 nitrogen and oxygen atoms in total. The second-order valence-electron chi connectivity index (χ2n) is 6.59. The van der Waals surface area contributed by atoms with Gasteiger partial charge in [0.15, 0.2) is 0 Å². The van der Waals surface area contributed by atoms with Crippen LogP contribution in [0.2, 0.25) is 0 Å². The van der Waals surface area contributed by atoms with Crippen molar-refractivity contribution in [2.75, 3.05) is 32.6 Å². The first kappa shape index (κ1) is 19.6. The number of carbonyl (C=O) groups is 3. The van der Waals surface area contributed by atoms with Crippen molar-refractivity contribution in [1.82, 2.24) is 10.2 Å². The summed E-state index contributed by atoms with van der Waals surface area (Å²) < 4.78 is 4.61. The molecule has 1 rings (SSSR count). The van der Waals surface area contributed by atoms with Gasteiger partial charge in [-0.05, 0) is 52.1 Å². The van der Waals surface area contributed by atoms with Gasteiger partial charge in [0.25, 0.3) is 0 Å². The van der Waals surface area contributed by atoms with Crippen LogP contribution in [0.15, 0.2) is 24.3 Å². The molecule has 0 spiro atoms. The molecule has 24 heavy (non-hydrogen) atoms. The smallest absolute Gasteiger partial charge is 0.337 e. The molecule has 0 saturated carbocycles. The number of esters is 1. The van der Waals surface area contributed by atoms with Crippen LogP contribution >= 0.6 is 0 Å². The molecule has 0 radical (unpaired) electrons. The molecule has 1 aromatic carbocycles. The number of nitrogens with one attached hydrogen (secondary N) is 2. The van der Waals surface area contributed by atoms with Gasteiger partial charge >= 0.3 is 5.97 Å². The highest BCUT2D eigenvalue weighted by molar-refractivity contribution is 5.94. The van der Waals surface area contributed by atoms with Gasteiger partial charge in [-0.3, -0.25) is 14.5 Å². The van der Waals surface area contributed by atoms with Gasteiger partial charge in [-0.2, -0.15) is 0 Å². The summed E-state index contributed by atoms with van der Waals surface area (Å²) in [5.41, 5.74) is 0.674. The Labute approximate surface area is 142 Å². The van der Waals surface area contributed by atoms with Crippen LogP contribution in [0, 0.1) is 0 Å². The van der Waals surface area contributed by atoms with Crippen LogP contribution in [0.5, 0.6) is 0 Å². The van der Waals surface area contributed by atoms with Crippen molar-refractivity contribution in [2.45, 2.75) is 26.3 Å². The van der Waals surface area contributed by atoms with E-state index in [0.29, 0.717) is 11.3 Å². The molecular weight excluding hydrogens is 310 g/mol. The highest BCUT2D eigenvalue weighted by Gasteiger charge is 2.16. The maximum absolute atomic E-state index is 12.0.